The van der Waals surface area contributed by atoms with Gasteiger partial charge in [0, 0.05) is 44.6 Å². The predicted octanol–water partition coefficient (Wildman–Crippen LogP) is 3.84. The van der Waals surface area contributed by atoms with Crippen LogP contribution in [-0.2, 0) is 32.2 Å². The summed E-state index contributed by atoms with van der Waals surface area (Å²) in [5, 5.41) is 13.4. The Morgan fingerprint density at radius 2 is 1.88 bits per heavy atom. The highest BCUT2D eigenvalue weighted by molar-refractivity contribution is 7.91. The molecule has 0 spiro atoms. The van der Waals surface area contributed by atoms with Crippen molar-refractivity contribution in [3.63, 3.8) is 0 Å². The molecule has 2 aromatic heterocycles. The molecule has 2 aliphatic rings. The number of sulfonamides is 1. The van der Waals surface area contributed by atoms with Gasteiger partial charge in [-0.05, 0) is 43.1 Å². The van der Waals surface area contributed by atoms with E-state index in [1.54, 1.807) is 18.2 Å². The zero-order valence-corrected chi connectivity index (χ0v) is 24.7. The van der Waals surface area contributed by atoms with Gasteiger partial charge in [0.15, 0.2) is 0 Å². The largest absolute Gasteiger partial charge is 0.480 e. The number of thiophene rings is 1. The number of hydrogen-bond acceptors (Lipinski definition) is 8. The minimum atomic E-state index is -4.74. The van der Waals surface area contributed by atoms with Gasteiger partial charge in [-0.2, -0.15) is 17.9 Å². The number of amides is 1. The van der Waals surface area contributed by atoms with Crippen molar-refractivity contribution in [2.75, 3.05) is 33.2 Å². The molecule has 1 amide bonds. The molecule has 1 aliphatic heterocycles. The van der Waals surface area contributed by atoms with Crippen LogP contribution < -0.4 is 4.72 Å². The minimum Gasteiger partial charge on any atom is -0.480 e. The molecular weight excluding hydrogens is 621 g/mol. The second-order valence-corrected chi connectivity index (χ2v) is 13.3. The Bertz CT molecular complexity index is 1570. The van der Waals surface area contributed by atoms with Crippen LogP contribution in [-0.4, -0.2) is 79.1 Å². The van der Waals surface area contributed by atoms with Crippen molar-refractivity contribution in [3.05, 3.63) is 59.4 Å². The Kier molecular flexibility index (Phi) is 9.09. The van der Waals surface area contributed by atoms with Crippen molar-refractivity contribution in [3.8, 4) is 10.6 Å². The maximum atomic E-state index is 13.2. The fraction of sp³-hybridized carbons (Fsp3) is 0.423. The van der Waals surface area contributed by atoms with E-state index in [0.29, 0.717) is 48.9 Å². The van der Waals surface area contributed by atoms with Crippen LogP contribution in [0.3, 0.4) is 0 Å². The summed E-state index contributed by atoms with van der Waals surface area (Å²) in [6.07, 6.45) is -3.95. The number of carbonyl (C=O) groups excluding carboxylic acids is 1. The van der Waals surface area contributed by atoms with E-state index >= 15 is 0 Å². The normalized spacial score (nSPS) is 21.1. The van der Waals surface area contributed by atoms with Crippen molar-refractivity contribution in [2.24, 2.45) is 0 Å². The molecule has 1 saturated carbocycles. The predicted molar refractivity (Wildman–Crippen MR) is 149 cm³/mol. The van der Waals surface area contributed by atoms with Crippen molar-refractivity contribution < 1.29 is 40.8 Å². The number of aryl methyl sites for hydroxylation is 1. The molecule has 16 heteroatoms. The molecule has 2 unspecified atom stereocenters. The van der Waals surface area contributed by atoms with E-state index in [2.05, 4.69) is 19.3 Å². The number of alkyl halides is 3. The molecule has 2 atom stereocenters. The second kappa shape index (κ2) is 12.0. The number of carbonyl (C=O) groups is 2. The van der Waals surface area contributed by atoms with Crippen molar-refractivity contribution in [2.45, 2.75) is 41.1 Å². The first-order valence-corrected chi connectivity index (χ1v) is 15.0. The third-order valence-electron chi connectivity index (χ3n) is 7.38. The summed E-state index contributed by atoms with van der Waals surface area (Å²) < 4.78 is 71.2. The van der Waals surface area contributed by atoms with Crippen molar-refractivity contribution in [1.29, 1.82) is 0 Å². The van der Waals surface area contributed by atoms with Crippen LogP contribution in [0.5, 0.6) is 0 Å². The lowest BCUT2D eigenvalue weighted by molar-refractivity contribution is -0.155. The molecule has 1 aliphatic carbocycles. The van der Waals surface area contributed by atoms with Crippen LogP contribution in [0.2, 0.25) is 0 Å². The third-order valence-corrected chi connectivity index (χ3v) is 10.5. The number of nitrogens with one attached hydrogen (secondary N) is 1. The van der Waals surface area contributed by atoms with Gasteiger partial charge >= 0.3 is 12.1 Å². The third kappa shape index (κ3) is 6.64. The van der Waals surface area contributed by atoms with Gasteiger partial charge in [-0.15, -0.1) is 23.7 Å². The van der Waals surface area contributed by atoms with Crippen molar-refractivity contribution >= 4 is 45.6 Å². The van der Waals surface area contributed by atoms with Gasteiger partial charge in [-0.25, -0.2) is 8.42 Å². The van der Waals surface area contributed by atoms with Gasteiger partial charge < -0.3 is 19.4 Å². The Morgan fingerprint density at radius 1 is 1.17 bits per heavy atom. The lowest BCUT2D eigenvalue weighted by Crippen LogP contribution is -2.47. The summed E-state index contributed by atoms with van der Waals surface area (Å²) in [5.41, 5.74) is -0.500. The molecule has 228 valence electrons. The van der Waals surface area contributed by atoms with E-state index in [4.69, 9.17) is 0 Å². The molecule has 0 radical (unpaired) electrons. The van der Waals surface area contributed by atoms with Crippen LogP contribution in [0.1, 0.15) is 35.6 Å². The maximum absolute atomic E-state index is 13.2. The van der Waals surface area contributed by atoms with Gasteiger partial charge in [-0.1, -0.05) is 29.4 Å². The average Bonchev–Trinajstić information content (AvgIpc) is 3.26. The highest BCUT2D eigenvalue weighted by atomic mass is 35.5. The number of rotatable bonds is 9. The Labute approximate surface area is 249 Å². The number of benzene rings is 1. The SMILES string of the molecule is CN1CCN(C(=O)CCc2cccc(C3CC3(NS(=O)(=O)c3ccc(-c4cc(C(F)(F)F)on4)s3)C(=O)O)c2)CC1.Cl. The number of carboxylic acid groups (broad SMARTS) is 1. The van der Waals surface area contributed by atoms with Crippen LogP contribution in [0.15, 0.2) is 51.2 Å². The molecule has 2 fully saturated rings. The summed E-state index contributed by atoms with van der Waals surface area (Å²) in [4.78, 5) is 29.0. The highest BCUT2D eigenvalue weighted by Crippen LogP contribution is 2.53. The first-order chi connectivity index (χ1) is 19.3. The number of aromatic nitrogens is 1. The Morgan fingerprint density at radius 3 is 2.52 bits per heavy atom. The zero-order valence-electron chi connectivity index (χ0n) is 22.3. The Balaban J connectivity index is 0.00000405. The molecule has 2 N–H and O–H groups in total. The lowest BCUT2D eigenvalue weighted by Gasteiger charge is -2.32. The quantitative estimate of drug-likeness (QED) is 0.358. The fourth-order valence-electron chi connectivity index (χ4n) is 4.91. The summed E-state index contributed by atoms with van der Waals surface area (Å²) >= 11 is 0.646. The van der Waals surface area contributed by atoms with E-state index in [0.717, 1.165) is 18.7 Å². The molecule has 1 saturated heterocycles. The van der Waals surface area contributed by atoms with Crippen LogP contribution in [0, 0.1) is 0 Å². The molecule has 5 rings (SSSR count). The summed E-state index contributed by atoms with van der Waals surface area (Å²) in [7, 11) is -2.34. The second-order valence-electron chi connectivity index (χ2n) is 10.3. The minimum absolute atomic E-state index is 0. The maximum Gasteiger partial charge on any atom is 0.452 e. The molecule has 1 aromatic carbocycles. The number of aliphatic carboxylic acids is 1. The number of hydrogen-bond donors (Lipinski definition) is 2. The lowest BCUT2D eigenvalue weighted by atomic mass is 10.0. The van der Waals surface area contributed by atoms with Crippen LogP contribution in [0.4, 0.5) is 13.2 Å². The van der Waals surface area contributed by atoms with Gasteiger partial charge in [0.2, 0.25) is 11.7 Å². The smallest absolute Gasteiger partial charge is 0.452 e. The molecular formula is C26H28ClF3N4O6S2. The molecule has 3 heterocycles. The number of carboxylic acids is 1. The van der Waals surface area contributed by atoms with Crippen molar-refractivity contribution in [1.82, 2.24) is 19.7 Å². The molecule has 10 nitrogen and oxygen atoms in total. The average molecular weight is 649 g/mol. The van der Waals surface area contributed by atoms with E-state index < -0.39 is 39.4 Å². The molecule has 0 bridgehead atoms. The van der Waals surface area contributed by atoms with E-state index in [-0.39, 0.29) is 39.5 Å². The topological polar surface area (TPSA) is 133 Å². The number of nitrogens with zero attached hydrogens (tertiary/aromatic N) is 3. The standard InChI is InChI=1S/C26H27F3N4O6S2.ClH/c1-32-9-11-33(12-10-32)22(34)7-5-16-3-2-4-17(13-16)18-15-25(18,24(35)36)31-41(37,38)23-8-6-20(40-23)19-14-21(39-30-19)26(27,28)29;/h2-4,6,8,13-14,18,31H,5,7,9-12,15H2,1H3,(H,35,36);1H. The monoisotopic (exact) mass is 648 g/mol. The van der Waals surface area contributed by atoms with Crippen LogP contribution in [0.25, 0.3) is 10.6 Å². The van der Waals surface area contributed by atoms with Gasteiger partial charge in [0.1, 0.15) is 15.4 Å². The van der Waals surface area contributed by atoms with Gasteiger partial charge in [0.05, 0.1) is 4.88 Å². The fourth-order valence-corrected chi connectivity index (χ4v) is 7.57. The first-order valence-electron chi connectivity index (χ1n) is 12.8. The highest BCUT2D eigenvalue weighted by Gasteiger charge is 2.63. The number of likely N-dealkylation sites (N-methyl/N-ethyl adjacent to an activating group) is 1. The van der Waals surface area contributed by atoms with E-state index in [1.807, 2.05) is 18.0 Å². The first kappa shape index (κ1) is 31.9. The van der Waals surface area contributed by atoms with Gasteiger partial charge in [-0.3, -0.25) is 9.59 Å². The Hall–Kier alpha value is -2.98. The summed E-state index contributed by atoms with van der Waals surface area (Å²) in [5.74, 6) is -3.25. The molecule has 3 aromatic rings. The zero-order chi connectivity index (χ0) is 29.6. The summed E-state index contributed by atoms with van der Waals surface area (Å²) in [6.45, 7) is 3.00. The number of halogens is 4. The summed E-state index contributed by atoms with van der Waals surface area (Å²) in [6, 6.07) is 10.2. The van der Waals surface area contributed by atoms with E-state index in [9.17, 15) is 36.3 Å². The van der Waals surface area contributed by atoms with Crippen LogP contribution >= 0.6 is 23.7 Å². The van der Waals surface area contributed by atoms with E-state index in [1.165, 1.54) is 12.1 Å². The number of piperazine rings is 1. The van der Waals surface area contributed by atoms with Gasteiger partial charge in [0.25, 0.3) is 10.0 Å². The molecule has 42 heavy (non-hydrogen) atoms.